The molecule has 2 aromatic carbocycles. The lowest BCUT2D eigenvalue weighted by Gasteiger charge is -2.22. The molecule has 0 saturated carbocycles. The van der Waals surface area contributed by atoms with Crippen molar-refractivity contribution in [3.8, 4) is 0 Å². The molecule has 0 spiro atoms. The number of amides is 2. The highest BCUT2D eigenvalue weighted by molar-refractivity contribution is 7.98. The van der Waals surface area contributed by atoms with E-state index < -0.39 is 0 Å². The number of likely N-dealkylation sites (N-methyl/N-ethyl adjacent to an activating group) is 2. The van der Waals surface area contributed by atoms with Gasteiger partial charge in [-0.1, -0.05) is 35.9 Å². The second-order valence-corrected chi connectivity index (χ2v) is 7.58. The van der Waals surface area contributed by atoms with Gasteiger partial charge in [-0.25, -0.2) is 0 Å². The van der Waals surface area contributed by atoms with E-state index >= 15 is 0 Å². The first-order valence-corrected chi connectivity index (χ1v) is 10.1. The summed E-state index contributed by atoms with van der Waals surface area (Å²) in [6, 6.07) is 15.0. The van der Waals surface area contributed by atoms with Gasteiger partial charge in [-0.15, -0.1) is 11.8 Å². The second kappa shape index (κ2) is 10.3. The molecule has 0 aliphatic heterocycles. The van der Waals surface area contributed by atoms with Crippen molar-refractivity contribution in [2.45, 2.75) is 11.4 Å². The van der Waals surface area contributed by atoms with Gasteiger partial charge < -0.3 is 10.2 Å². The molecule has 1 N–H and O–H groups in total. The molecular formula is C20H24ClN3O2S. The predicted molar refractivity (Wildman–Crippen MR) is 112 cm³/mol. The molecule has 0 bridgehead atoms. The molecule has 0 heterocycles. The molecule has 0 saturated heterocycles. The van der Waals surface area contributed by atoms with Gasteiger partial charge in [0.05, 0.1) is 18.8 Å². The average Bonchev–Trinajstić information content (AvgIpc) is 2.63. The van der Waals surface area contributed by atoms with Gasteiger partial charge in [0.2, 0.25) is 11.8 Å². The summed E-state index contributed by atoms with van der Waals surface area (Å²) in [7, 11) is 3.51. The molecule has 0 aromatic heterocycles. The van der Waals surface area contributed by atoms with E-state index in [-0.39, 0.29) is 24.9 Å². The molecule has 0 aliphatic carbocycles. The lowest BCUT2D eigenvalue weighted by molar-refractivity contribution is -0.131. The van der Waals surface area contributed by atoms with E-state index in [1.165, 1.54) is 0 Å². The molecule has 5 nitrogen and oxygen atoms in total. The Balaban J connectivity index is 1.83. The molecule has 7 heteroatoms. The largest absolute Gasteiger partial charge is 0.340 e. The van der Waals surface area contributed by atoms with Crippen LogP contribution in [0.4, 0.5) is 5.69 Å². The van der Waals surface area contributed by atoms with Crippen LogP contribution in [0.3, 0.4) is 0 Å². The number of anilines is 1. The lowest BCUT2D eigenvalue weighted by Crippen LogP contribution is -2.39. The molecule has 0 radical (unpaired) electrons. The fourth-order valence-corrected chi connectivity index (χ4v) is 3.22. The Morgan fingerprint density at radius 3 is 2.37 bits per heavy atom. The smallest absolute Gasteiger partial charge is 0.238 e. The van der Waals surface area contributed by atoms with Gasteiger partial charge in [0.25, 0.3) is 0 Å². The van der Waals surface area contributed by atoms with E-state index in [1.807, 2.05) is 42.7 Å². The number of thioether (sulfide) groups is 1. The Morgan fingerprint density at radius 2 is 1.70 bits per heavy atom. The number of rotatable bonds is 8. The van der Waals surface area contributed by atoms with E-state index in [0.29, 0.717) is 11.6 Å². The van der Waals surface area contributed by atoms with Crippen molar-refractivity contribution in [2.75, 3.05) is 38.8 Å². The number of hydrogen-bond donors (Lipinski definition) is 1. The zero-order valence-electron chi connectivity index (χ0n) is 15.7. The quantitative estimate of drug-likeness (QED) is 0.682. The molecule has 2 aromatic rings. The standard InChI is InChI=1S/C20H24ClN3O2S/c1-23(13-19(25)22-17-6-4-5-7-18(17)27-3)14-20(26)24(2)12-15-8-10-16(21)11-9-15/h4-11H,12-14H2,1-3H3,(H,22,25). The lowest BCUT2D eigenvalue weighted by atomic mass is 10.2. The van der Waals surface area contributed by atoms with Gasteiger partial charge in [0.15, 0.2) is 0 Å². The summed E-state index contributed by atoms with van der Waals surface area (Å²) in [5.74, 6) is -0.197. The maximum absolute atomic E-state index is 12.4. The fourth-order valence-electron chi connectivity index (χ4n) is 2.54. The summed E-state index contributed by atoms with van der Waals surface area (Å²) < 4.78 is 0. The molecule has 144 valence electrons. The highest BCUT2D eigenvalue weighted by atomic mass is 35.5. The van der Waals surface area contributed by atoms with E-state index in [1.54, 1.807) is 47.8 Å². The van der Waals surface area contributed by atoms with E-state index in [9.17, 15) is 9.59 Å². The first kappa shape index (κ1) is 21.3. The van der Waals surface area contributed by atoms with Crippen LogP contribution in [0.1, 0.15) is 5.56 Å². The fraction of sp³-hybridized carbons (Fsp3) is 0.300. The van der Waals surface area contributed by atoms with Crippen molar-refractivity contribution in [2.24, 2.45) is 0 Å². The molecule has 0 fully saturated rings. The molecule has 0 atom stereocenters. The minimum Gasteiger partial charge on any atom is -0.340 e. The summed E-state index contributed by atoms with van der Waals surface area (Å²) in [6.45, 7) is 0.808. The zero-order chi connectivity index (χ0) is 19.8. The first-order chi connectivity index (χ1) is 12.9. The van der Waals surface area contributed by atoms with Crippen molar-refractivity contribution in [3.63, 3.8) is 0 Å². The normalized spacial score (nSPS) is 10.7. The summed E-state index contributed by atoms with van der Waals surface area (Å²) in [4.78, 5) is 29.0. The van der Waals surface area contributed by atoms with Gasteiger partial charge in [-0.05, 0) is 43.1 Å². The summed E-state index contributed by atoms with van der Waals surface area (Å²) in [5.41, 5.74) is 1.79. The van der Waals surface area contributed by atoms with Gasteiger partial charge in [-0.2, -0.15) is 0 Å². The number of nitrogens with zero attached hydrogens (tertiary/aromatic N) is 2. The third-order valence-corrected chi connectivity index (χ3v) is 5.01. The summed E-state index contributed by atoms with van der Waals surface area (Å²) >= 11 is 7.45. The van der Waals surface area contributed by atoms with Crippen molar-refractivity contribution < 1.29 is 9.59 Å². The number of carbonyl (C=O) groups is 2. The second-order valence-electron chi connectivity index (χ2n) is 6.30. The third kappa shape index (κ3) is 6.90. The Kier molecular flexibility index (Phi) is 8.16. The topological polar surface area (TPSA) is 52.7 Å². The van der Waals surface area contributed by atoms with Crippen LogP contribution in [0, 0.1) is 0 Å². The number of hydrogen-bond acceptors (Lipinski definition) is 4. The summed E-state index contributed by atoms with van der Waals surface area (Å²) in [6.07, 6.45) is 1.96. The van der Waals surface area contributed by atoms with Crippen LogP contribution in [0.15, 0.2) is 53.4 Å². The number of nitrogens with one attached hydrogen (secondary N) is 1. The maximum atomic E-state index is 12.4. The highest BCUT2D eigenvalue weighted by Gasteiger charge is 2.15. The Hall–Kier alpha value is -2.02. The molecule has 2 amide bonds. The molecule has 2 rings (SSSR count). The van der Waals surface area contributed by atoms with Crippen LogP contribution in [0.25, 0.3) is 0 Å². The molecular weight excluding hydrogens is 382 g/mol. The number of halogens is 1. The molecule has 0 aliphatic rings. The summed E-state index contributed by atoms with van der Waals surface area (Å²) in [5, 5.41) is 3.57. The van der Waals surface area contributed by atoms with Crippen LogP contribution < -0.4 is 5.32 Å². The Labute approximate surface area is 169 Å². The van der Waals surface area contributed by atoms with Gasteiger partial charge >= 0.3 is 0 Å². The van der Waals surface area contributed by atoms with Crippen LogP contribution in [-0.4, -0.2) is 55.1 Å². The van der Waals surface area contributed by atoms with E-state index in [0.717, 1.165) is 16.1 Å². The minimum atomic E-state index is -0.146. The van der Waals surface area contributed by atoms with Gasteiger partial charge in [0, 0.05) is 23.5 Å². The maximum Gasteiger partial charge on any atom is 0.238 e. The van der Waals surface area contributed by atoms with Crippen LogP contribution in [0.5, 0.6) is 0 Å². The van der Waals surface area contributed by atoms with Crippen LogP contribution in [-0.2, 0) is 16.1 Å². The van der Waals surface area contributed by atoms with Crippen molar-refractivity contribution in [3.05, 3.63) is 59.1 Å². The Bertz CT molecular complexity index is 783. The molecule has 27 heavy (non-hydrogen) atoms. The van der Waals surface area contributed by atoms with Crippen LogP contribution >= 0.6 is 23.4 Å². The minimum absolute atomic E-state index is 0.0511. The third-order valence-electron chi connectivity index (χ3n) is 3.96. The van der Waals surface area contributed by atoms with Gasteiger partial charge in [0.1, 0.15) is 0 Å². The van der Waals surface area contributed by atoms with E-state index in [2.05, 4.69) is 5.32 Å². The number of para-hydroxylation sites is 1. The van der Waals surface area contributed by atoms with Gasteiger partial charge in [-0.3, -0.25) is 14.5 Å². The number of benzene rings is 2. The van der Waals surface area contributed by atoms with Crippen molar-refractivity contribution in [1.29, 1.82) is 0 Å². The SMILES string of the molecule is CSc1ccccc1NC(=O)CN(C)CC(=O)N(C)Cc1ccc(Cl)cc1. The zero-order valence-corrected chi connectivity index (χ0v) is 17.3. The van der Waals surface area contributed by atoms with Crippen molar-refractivity contribution in [1.82, 2.24) is 9.80 Å². The predicted octanol–water partition coefficient (Wildman–Crippen LogP) is 3.59. The monoisotopic (exact) mass is 405 g/mol. The molecule has 0 unspecified atom stereocenters. The first-order valence-electron chi connectivity index (χ1n) is 8.49. The highest BCUT2D eigenvalue weighted by Crippen LogP contribution is 2.24. The van der Waals surface area contributed by atoms with Crippen LogP contribution in [0.2, 0.25) is 5.02 Å². The van der Waals surface area contributed by atoms with E-state index in [4.69, 9.17) is 11.6 Å². The average molecular weight is 406 g/mol. The van der Waals surface area contributed by atoms with Crippen molar-refractivity contribution >= 4 is 40.9 Å². The number of carbonyl (C=O) groups excluding carboxylic acids is 2. The Morgan fingerprint density at radius 1 is 1.04 bits per heavy atom.